The van der Waals surface area contributed by atoms with E-state index in [-0.39, 0.29) is 12.8 Å². The van der Waals surface area contributed by atoms with Gasteiger partial charge in [-0.3, -0.25) is 0 Å². The number of thiophene rings is 1. The van der Waals surface area contributed by atoms with Gasteiger partial charge in [-0.25, -0.2) is 4.79 Å². The van der Waals surface area contributed by atoms with Crippen LogP contribution in [0.1, 0.15) is 15.2 Å². The van der Waals surface area contributed by atoms with Crippen LogP contribution in [0.4, 0.5) is 5.00 Å². The molecule has 0 spiro atoms. The van der Waals surface area contributed by atoms with Crippen molar-refractivity contribution in [3.05, 3.63) is 40.8 Å². The van der Waals surface area contributed by atoms with Crippen molar-refractivity contribution < 1.29 is 19.0 Å². The quantitative estimate of drug-likeness (QED) is 0.649. The van der Waals surface area contributed by atoms with Gasteiger partial charge in [-0.1, -0.05) is 6.07 Å². The molecule has 0 saturated carbocycles. The zero-order chi connectivity index (χ0) is 16.2. The summed E-state index contributed by atoms with van der Waals surface area (Å²) in [5.41, 5.74) is 1.03. The topological polar surface area (TPSA) is 68.8 Å². The molecule has 1 aliphatic rings. The summed E-state index contributed by atoms with van der Waals surface area (Å²) >= 11 is 6.53. The molecule has 1 aliphatic heterocycles. The van der Waals surface area contributed by atoms with Crippen LogP contribution in [0, 0.1) is 0 Å². The lowest BCUT2D eigenvalue weighted by molar-refractivity contribution is 0.0606. The van der Waals surface area contributed by atoms with Gasteiger partial charge in [-0.15, -0.1) is 11.3 Å². The summed E-state index contributed by atoms with van der Waals surface area (Å²) in [5.74, 6) is 1.13. The number of methoxy groups -OCH3 is 1. The Kier molecular flexibility index (Phi) is 4.63. The lowest BCUT2D eigenvalue weighted by atomic mass is 10.2. The van der Waals surface area contributed by atoms with Crippen molar-refractivity contribution in [2.45, 2.75) is 6.54 Å². The standard InChI is InChI=1S/C15H14N2O4S2/c1-19-14(18)12-4-5-13(23-12)17-15(22)16-7-9-2-3-10-11(6-9)21-8-20-10/h2-6H,7-8H2,1H3,(H2,16,17,22). The van der Waals surface area contributed by atoms with Crippen molar-refractivity contribution in [3.63, 3.8) is 0 Å². The number of anilines is 1. The summed E-state index contributed by atoms with van der Waals surface area (Å²) in [7, 11) is 1.35. The molecule has 0 fully saturated rings. The minimum absolute atomic E-state index is 0.257. The fourth-order valence-corrected chi connectivity index (χ4v) is 3.08. The van der Waals surface area contributed by atoms with E-state index in [2.05, 4.69) is 15.4 Å². The molecule has 6 nitrogen and oxygen atoms in total. The van der Waals surface area contributed by atoms with Crippen molar-refractivity contribution in [1.82, 2.24) is 5.32 Å². The first-order valence-electron chi connectivity index (χ1n) is 6.77. The average molecular weight is 350 g/mol. The van der Waals surface area contributed by atoms with Gasteiger partial charge in [-0.2, -0.15) is 0 Å². The van der Waals surface area contributed by atoms with Crippen LogP contribution < -0.4 is 20.1 Å². The number of ether oxygens (including phenoxy) is 3. The monoisotopic (exact) mass is 350 g/mol. The minimum atomic E-state index is -0.359. The van der Waals surface area contributed by atoms with E-state index in [0.29, 0.717) is 16.5 Å². The highest BCUT2D eigenvalue weighted by Gasteiger charge is 2.13. The highest BCUT2D eigenvalue weighted by molar-refractivity contribution is 7.80. The Bertz CT molecular complexity index is 745. The van der Waals surface area contributed by atoms with Gasteiger partial charge in [0, 0.05) is 6.54 Å². The Morgan fingerprint density at radius 3 is 2.96 bits per heavy atom. The molecule has 0 bridgehead atoms. The molecule has 0 unspecified atom stereocenters. The number of thiocarbonyl (C=S) groups is 1. The van der Waals surface area contributed by atoms with Gasteiger partial charge >= 0.3 is 5.97 Å². The van der Waals surface area contributed by atoms with Crippen LogP contribution in [-0.4, -0.2) is 25.0 Å². The summed E-state index contributed by atoms with van der Waals surface area (Å²) in [4.78, 5) is 11.9. The van der Waals surface area contributed by atoms with Crippen molar-refractivity contribution in [3.8, 4) is 11.5 Å². The SMILES string of the molecule is COC(=O)c1ccc(NC(=S)NCc2ccc3c(c2)OCO3)s1. The maximum Gasteiger partial charge on any atom is 0.348 e. The number of hydrogen-bond acceptors (Lipinski definition) is 6. The second kappa shape index (κ2) is 6.84. The van der Waals surface area contributed by atoms with Gasteiger partial charge in [0.05, 0.1) is 12.1 Å². The fourth-order valence-electron chi connectivity index (χ4n) is 2.00. The molecule has 2 N–H and O–H groups in total. The molecule has 1 aromatic carbocycles. The lowest BCUT2D eigenvalue weighted by Gasteiger charge is -2.09. The molecule has 8 heteroatoms. The normalized spacial score (nSPS) is 11.9. The number of esters is 1. The lowest BCUT2D eigenvalue weighted by Crippen LogP contribution is -2.27. The van der Waals surface area contributed by atoms with Crippen LogP contribution in [0.25, 0.3) is 0 Å². The number of nitrogens with one attached hydrogen (secondary N) is 2. The number of fused-ring (bicyclic) bond motifs is 1. The molecule has 0 radical (unpaired) electrons. The number of benzene rings is 1. The van der Waals surface area contributed by atoms with Crippen LogP contribution >= 0.6 is 23.6 Å². The molecule has 2 aromatic rings. The van der Waals surface area contributed by atoms with E-state index < -0.39 is 0 Å². The van der Waals surface area contributed by atoms with E-state index in [1.165, 1.54) is 18.4 Å². The van der Waals surface area contributed by atoms with E-state index >= 15 is 0 Å². The maximum absolute atomic E-state index is 11.4. The number of rotatable bonds is 4. The van der Waals surface area contributed by atoms with Gasteiger partial charge in [0.15, 0.2) is 16.6 Å². The first kappa shape index (κ1) is 15.6. The van der Waals surface area contributed by atoms with Gasteiger partial charge in [-0.05, 0) is 42.0 Å². The summed E-state index contributed by atoms with van der Waals surface area (Å²) in [6.07, 6.45) is 0. The molecule has 2 heterocycles. The van der Waals surface area contributed by atoms with E-state index in [0.717, 1.165) is 22.1 Å². The Morgan fingerprint density at radius 1 is 1.30 bits per heavy atom. The average Bonchev–Trinajstić information content (AvgIpc) is 3.20. The number of hydrogen-bond donors (Lipinski definition) is 2. The third-order valence-electron chi connectivity index (χ3n) is 3.12. The molecule has 120 valence electrons. The van der Waals surface area contributed by atoms with E-state index in [4.69, 9.17) is 21.7 Å². The number of carbonyl (C=O) groups excluding carboxylic acids is 1. The molecule has 0 amide bonds. The maximum atomic E-state index is 11.4. The zero-order valence-corrected chi connectivity index (χ0v) is 13.9. The zero-order valence-electron chi connectivity index (χ0n) is 12.3. The molecule has 3 rings (SSSR count). The third kappa shape index (κ3) is 3.72. The van der Waals surface area contributed by atoms with Crippen LogP contribution in [-0.2, 0) is 11.3 Å². The summed E-state index contributed by atoms with van der Waals surface area (Å²) in [6, 6.07) is 9.21. The Morgan fingerprint density at radius 2 is 2.13 bits per heavy atom. The predicted molar refractivity (Wildman–Crippen MR) is 91.3 cm³/mol. The van der Waals surface area contributed by atoms with E-state index in [9.17, 15) is 4.79 Å². The van der Waals surface area contributed by atoms with Crippen LogP contribution in [0.15, 0.2) is 30.3 Å². The minimum Gasteiger partial charge on any atom is -0.465 e. The van der Waals surface area contributed by atoms with Crippen LogP contribution in [0.5, 0.6) is 11.5 Å². The van der Waals surface area contributed by atoms with Crippen molar-refractivity contribution in [2.75, 3.05) is 19.2 Å². The second-order valence-corrected chi connectivity index (χ2v) is 6.14. The van der Waals surface area contributed by atoms with Gasteiger partial charge in [0.25, 0.3) is 0 Å². The first-order valence-corrected chi connectivity index (χ1v) is 8.00. The molecule has 0 aliphatic carbocycles. The van der Waals surface area contributed by atoms with Crippen molar-refractivity contribution >= 4 is 39.6 Å². The molecule has 23 heavy (non-hydrogen) atoms. The Balaban J connectivity index is 1.53. The van der Waals surface area contributed by atoms with Gasteiger partial charge < -0.3 is 24.8 Å². The molecular formula is C15H14N2O4S2. The van der Waals surface area contributed by atoms with Crippen LogP contribution in [0.2, 0.25) is 0 Å². The summed E-state index contributed by atoms with van der Waals surface area (Å²) in [5, 5.41) is 7.39. The smallest absolute Gasteiger partial charge is 0.348 e. The molecule has 0 saturated heterocycles. The summed E-state index contributed by atoms with van der Waals surface area (Å²) < 4.78 is 15.3. The van der Waals surface area contributed by atoms with Gasteiger partial charge in [0.2, 0.25) is 6.79 Å². The Labute approximate surface area is 142 Å². The highest BCUT2D eigenvalue weighted by atomic mass is 32.1. The van der Waals surface area contributed by atoms with E-state index in [1.54, 1.807) is 12.1 Å². The van der Waals surface area contributed by atoms with Crippen molar-refractivity contribution in [2.24, 2.45) is 0 Å². The molecule has 1 aromatic heterocycles. The fraction of sp³-hybridized carbons (Fsp3) is 0.200. The van der Waals surface area contributed by atoms with Crippen molar-refractivity contribution in [1.29, 1.82) is 0 Å². The number of carbonyl (C=O) groups is 1. The Hall–Kier alpha value is -2.32. The first-order chi connectivity index (χ1) is 11.2. The van der Waals surface area contributed by atoms with Gasteiger partial charge in [0.1, 0.15) is 4.88 Å². The second-order valence-electron chi connectivity index (χ2n) is 4.65. The largest absolute Gasteiger partial charge is 0.465 e. The predicted octanol–water partition coefficient (Wildman–Crippen LogP) is 2.75. The third-order valence-corrected chi connectivity index (χ3v) is 4.35. The molecular weight excluding hydrogens is 336 g/mol. The molecule has 0 atom stereocenters. The van der Waals surface area contributed by atoms with E-state index in [1.807, 2.05) is 18.2 Å². The van der Waals surface area contributed by atoms with Crippen LogP contribution in [0.3, 0.4) is 0 Å². The highest BCUT2D eigenvalue weighted by Crippen LogP contribution is 2.32. The summed E-state index contributed by atoms with van der Waals surface area (Å²) in [6.45, 7) is 0.810.